The molecule has 0 amide bonds. The van der Waals surface area contributed by atoms with E-state index >= 15 is 0 Å². The van der Waals surface area contributed by atoms with Crippen molar-refractivity contribution in [2.45, 2.75) is 20.5 Å². The van der Waals surface area contributed by atoms with Gasteiger partial charge in [-0.1, -0.05) is 13.8 Å². The number of aliphatic hydroxyl groups excluding tert-OH is 1. The fourth-order valence-corrected chi connectivity index (χ4v) is 1.19. The van der Waals surface area contributed by atoms with Gasteiger partial charge >= 0.3 is 0 Å². The van der Waals surface area contributed by atoms with E-state index in [-0.39, 0.29) is 6.61 Å². The van der Waals surface area contributed by atoms with Gasteiger partial charge in [0.15, 0.2) is 0 Å². The van der Waals surface area contributed by atoms with Crippen LogP contribution in [0.1, 0.15) is 19.4 Å². The molecule has 4 nitrogen and oxygen atoms in total. The molecule has 1 aromatic rings. The molecule has 0 unspecified atom stereocenters. The Balaban J connectivity index is 2.26. The van der Waals surface area contributed by atoms with Crippen molar-refractivity contribution in [3.8, 4) is 5.88 Å². The molecule has 0 bridgehead atoms. The highest BCUT2D eigenvalue weighted by molar-refractivity contribution is 5.24. The van der Waals surface area contributed by atoms with Crippen molar-refractivity contribution in [1.82, 2.24) is 4.98 Å². The molecule has 0 aliphatic heterocycles. The second-order valence-electron chi connectivity index (χ2n) is 3.94. The first-order chi connectivity index (χ1) is 7.74. The van der Waals surface area contributed by atoms with Gasteiger partial charge in [-0.3, -0.25) is 0 Å². The van der Waals surface area contributed by atoms with Gasteiger partial charge in [0.2, 0.25) is 5.88 Å². The van der Waals surface area contributed by atoms with E-state index in [0.717, 1.165) is 6.61 Å². The molecule has 0 spiro atoms. The Morgan fingerprint density at radius 2 is 2.19 bits per heavy atom. The zero-order valence-electron chi connectivity index (χ0n) is 9.85. The highest BCUT2D eigenvalue weighted by Crippen LogP contribution is 2.13. The van der Waals surface area contributed by atoms with Gasteiger partial charge < -0.3 is 14.6 Å². The first-order valence-corrected chi connectivity index (χ1v) is 5.49. The van der Waals surface area contributed by atoms with Crippen LogP contribution in [0, 0.1) is 5.92 Å². The summed E-state index contributed by atoms with van der Waals surface area (Å²) in [4.78, 5) is 4.04. The first-order valence-electron chi connectivity index (χ1n) is 5.49. The number of rotatable bonds is 7. The molecule has 0 aromatic carbocycles. The molecule has 0 aliphatic rings. The van der Waals surface area contributed by atoms with Gasteiger partial charge in [-0.2, -0.15) is 0 Å². The Morgan fingerprint density at radius 1 is 1.38 bits per heavy atom. The third kappa shape index (κ3) is 4.59. The number of hydrogen-bond acceptors (Lipinski definition) is 4. The maximum atomic E-state index is 9.04. The minimum absolute atomic E-state index is 0.0595. The highest BCUT2D eigenvalue weighted by Gasteiger charge is 2.02. The van der Waals surface area contributed by atoms with E-state index in [0.29, 0.717) is 30.6 Å². The average molecular weight is 225 g/mol. The summed E-state index contributed by atoms with van der Waals surface area (Å²) in [5, 5.41) is 9.04. The fourth-order valence-electron chi connectivity index (χ4n) is 1.19. The van der Waals surface area contributed by atoms with Crippen molar-refractivity contribution in [2.75, 3.05) is 19.8 Å². The van der Waals surface area contributed by atoms with Crippen LogP contribution < -0.4 is 4.74 Å². The molecule has 90 valence electrons. The molecule has 0 saturated heterocycles. The normalized spacial score (nSPS) is 10.8. The molecule has 0 fully saturated rings. The van der Waals surface area contributed by atoms with Crippen LogP contribution >= 0.6 is 0 Å². The molecule has 1 rings (SSSR count). The smallest absolute Gasteiger partial charge is 0.218 e. The van der Waals surface area contributed by atoms with Crippen molar-refractivity contribution < 1.29 is 14.6 Å². The summed E-state index contributed by atoms with van der Waals surface area (Å²) in [6.45, 7) is 5.87. The van der Waals surface area contributed by atoms with Gasteiger partial charge in [-0.05, 0) is 18.1 Å². The topological polar surface area (TPSA) is 51.6 Å². The monoisotopic (exact) mass is 225 g/mol. The summed E-state index contributed by atoms with van der Waals surface area (Å²) in [7, 11) is 0. The van der Waals surface area contributed by atoms with Gasteiger partial charge in [0.1, 0.15) is 6.61 Å². The zero-order chi connectivity index (χ0) is 11.8. The second-order valence-corrected chi connectivity index (χ2v) is 3.94. The maximum absolute atomic E-state index is 9.04. The number of aliphatic hydroxyl groups is 1. The SMILES string of the molecule is CC(C)COCCOc1ncccc1CO. The molecule has 0 aliphatic carbocycles. The molecular weight excluding hydrogens is 206 g/mol. The van der Waals surface area contributed by atoms with Gasteiger partial charge in [0.05, 0.1) is 13.2 Å². The number of pyridine rings is 1. The summed E-state index contributed by atoms with van der Waals surface area (Å²) in [5.41, 5.74) is 0.700. The maximum Gasteiger partial charge on any atom is 0.218 e. The van der Waals surface area contributed by atoms with Gasteiger partial charge in [-0.25, -0.2) is 4.98 Å². The third-order valence-electron chi connectivity index (χ3n) is 1.94. The lowest BCUT2D eigenvalue weighted by molar-refractivity contribution is 0.0798. The van der Waals surface area contributed by atoms with Gasteiger partial charge in [-0.15, -0.1) is 0 Å². The van der Waals surface area contributed by atoms with Crippen LogP contribution in [0.2, 0.25) is 0 Å². The molecule has 0 atom stereocenters. The fraction of sp³-hybridized carbons (Fsp3) is 0.583. The quantitative estimate of drug-likeness (QED) is 0.716. The van der Waals surface area contributed by atoms with Gasteiger partial charge in [0.25, 0.3) is 0 Å². The van der Waals surface area contributed by atoms with Crippen LogP contribution in [-0.2, 0) is 11.3 Å². The minimum Gasteiger partial charge on any atom is -0.475 e. The lowest BCUT2D eigenvalue weighted by atomic mass is 10.2. The van der Waals surface area contributed by atoms with Crippen LogP contribution in [0.25, 0.3) is 0 Å². The molecule has 1 aromatic heterocycles. The summed E-state index contributed by atoms with van der Waals surface area (Å²) in [5.74, 6) is 1.01. The second kappa shape index (κ2) is 7.19. The zero-order valence-corrected chi connectivity index (χ0v) is 9.85. The lowest BCUT2D eigenvalue weighted by Gasteiger charge is -2.09. The van der Waals surface area contributed by atoms with Crippen LogP contribution in [-0.4, -0.2) is 29.9 Å². The summed E-state index contributed by atoms with van der Waals surface area (Å²) >= 11 is 0. The van der Waals surface area contributed by atoms with Crippen LogP contribution in [0.3, 0.4) is 0 Å². The number of nitrogens with zero attached hydrogens (tertiary/aromatic N) is 1. The average Bonchev–Trinajstić information content (AvgIpc) is 2.29. The molecule has 0 radical (unpaired) electrons. The number of hydrogen-bond donors (Lipinski definition) is 1. The van der Waals surface area contributed by atoms with Crippen molar-refractivity contribution in [1.29, 1.82) is 0 Å². The molecule has 1 heterocycles. The molecule has 16 heavy (non-hydrogen) atoms. The molecular formula is C12H19NO3. The molecule has 0 saturated carbocycles. The standard InChI is InChI=1S/C12H19NO3/c1-10(2)9-15-6-7-16-12-11(8-14)4-3-5-13-12/h3-5,10,14H,6-9H2,1-2H3. The van der Waals surface area contributed by atoms with E-state index in [4.69, 9.17) is 14.6 Å². The summed E-state index contributed by atoms with van der Waals surface area (Å²) in [6, 6.07) is 3.56. The number of ether oxygens (including phenoxy) is 2. The largest absolute Gasteiger partial charge is 0.475 e. The van der Waals surface area contributed by atoms with E-state index in [1.54, 1.807) is 18.3 Å². The predicted octanol–water partition coefficient (Wildman–Crippen LogP) is 1.63. The Hall–Kier alpha value is -1.13. The van der Waals surface area contributed by atoms with Crippen molar-refractivity contribution in [3.63, 3.8) is 0 Å². The van der Waals surface area contributed by atoms with Crippen LogP contribution in [0.15, 0.2) is 18.3 Å². The van der Waals surface area contributed by atoms with E-state index in [1.165, 1.54) is 0 Å². The Labute approximate surface area is 96.2 Å². The summed E-state index contributed by atoms with van der Waals surface area (Å²) < 4.78 is 10.8. The van der Waals surface area contributed by atoms with Gasteiger partial charge in [0, 0.05) is 18.4 Å². The van der Waals surface area contributed by atoms with E-state index in [2.05, 4.69) is 18.8 Å². The van der Waals surface area contributed by atoms with E-state index in [1.807, 2.05) is 0 Å². The Kier molecular flexibility index (Phi) is 5.82. The summed E-state index contributed by atoms with van der Waals surface area (Å²) in [6.07, 6.45) is 1.64. The minimum atomic E-state index is -0.0595. The molecule has 4 heteroatoms. The molecule has 1 N–H and O–H groups in total. The van der Waals surface area contributed by atoms with Crippen LogP contribution in [0.5, 0.6) is 5.88 Å². The number of aromatic nitrogens is 1. The van der Waals surface area contributed by atoms with Crippen LogP contribution in [0.4, 0.5) is 0 Å². The van der Waals surface area contributed by atoms with Crippen molar-refractivity contribution in [2.24, 2.45) is 5.92 Å². The van der Waals surface area contributed by atoms with E-state index in [9.17, 15) is 0 Å². The van der Waals surface area contributed by atoms with Crippen molar-refractivity contribution in [3.05, 3.63) is 23.9 Å². The first kappa shape index (κ1) is 12.9. The van der Waals surface area contributed by atoms with E-state index < -0.39 is 0 Å². The Bertz CT molecular complexity index is 302. The van der Waals surface area contributed by atoms with Crippen molar-refractivity contribution >= 4 is 0 Å². The predicted molar refractivity (Wildman–Crippen MR) is 61.3 cm³/mol. The Morgan fingerprint density at radius 3 is 2.88 bits per heavy atom. The third-order valence-corrected chi connectivity index (χ3v) is 1.94. The highest BCUT2D eigenvalue weighted by atomic mass is 16.5. The lowest BCUT2D eigenvalue weighted by Crippen LogP contribution is -2.11.